The van der Waals surface area contributed by atoms with Gasteiger partial charge in [-0.15, -0.1) is 10.2 Å². The lowest BCUT2D eigenvalue weighted by atomic mass is 10.1. The van der Waals surface area contributed by atoms with Crippen molar-refractivity contribution < 1.29 is 14.7 Å². The zero-order chi connectivity index (χ0) is 13.7. The summed E-state index contributed by atoms with van der Waals surface area (Å²) in [6.45, 7) is 0. The third-order valence-electron chi connectivity index (χ3n) is 2.43. The van der Waals surface area contributed by atoms with Crippen molar-refractivity contribution in [1.29, 1.82) is 0 Å². The molecule has 0 fully saturated rings. The maximum absolute atomic E-state index is 11.7. The molecule has 1 aromatic carbocycles. The Bertz CT molecular complexity index is 555. The van der Waals surface area contributed by atoms with Crippen LogP contribution in [0.15, 0.2) is 30.3 Å². The predicted octanol–water partition coefficient (Wildman–Crippen LogP) is -0.375. The molecule has 0 saturated heterocycles. The van der Waals surface area contributed by atoms with E-state index in [1.54, 1.807) is 24.3 Å². The summed E-state index contributed by atoms with van der Waals surface area (Å²) in [5, 5.41) is 23.8. The molecule has 0 aliphatic rings. The van der Waals surface area contributed by atoms with Gasteiger partial charge in [-0.25, -0.2) is 4.79 Å². The molecule has 2 aromatic rings. The summed E-state index contributed by atoms with van der Waals surface area (Å²) < 4.78 is 0. The summed E-state index contributed by atoms with van der Waals surface area (Å²) in [5.74, 6) is -2.00. The second-order valence-electron chi connectivity index (χ2n) is 3.79. The number of carbonyl (C=O) groups is 2. The molecule has 1 atom stereocenters. The number of nitrogens with one attached hydrogen (secondary N) is 2. The van der Waals surface area contributed by atoms with Crippen molar-refractivity contribution in [1.82, 2.24) is 25.9 Å². The van der Waals surface area contributed by atoms with Crippen LogP contribution in [0.2, 0.25) is 0 Å². The van der Waals surface area contributed by atoms with Gasteiger partial charge in [-0.2, -0.15) is 5.21 Å². The third kappa shape index (κ3) is 3.35. The summed E-state index contributed by atoms with van der Waals surface area (Å²) in [7, 11) is 0. The van der Waals surface area contributed by atoms with E-state index in [0.717, 1.165) is 5.56 Å². The van der Waals surface area contributed by atoms with Gasteiger partial charge in [0, 0.05) is 6.42 Å². The number of rotatable bonds is 5. The first-order valence-corrected chi connectivity index (χ1v) is 5.48. The average Bonchev–Trinajstić information content (AvgIpc) is 2.93. The lowest BCUT2D eigenvalue weighted by Gasteiger charge is -2.13. The minimum Gasteiger partial charge on any atom is -0.480 e. The maximum atomic E-state index is 11.7. The molecule has 1 aromatic heterocycles. The first-order chi connectivity index (χ1) is 9.16. The van der Waals surface area contributed by atoms with E-state index in [-0.39, 0.29) is 12.2 Å². The van der Waals surface area contributed by atoms with Crippen LogP contribution in [0.4, 0.5) is 0 Å². The zero-order valence-electron chi connectivity index (χ0n) is 9.78. The number of carbonyl (C=O) groups excluding carboxylic acids is 1. The highest BCUT2D eigenvalue weighted by atomic mass is 16.4. The number of carboxylic acids is 1. The van der Waals surface area contributed by atoms with Crippen LogP contribution < -0.4 is 5.32 Å². The van der Waals surface area contributed by atoms with E-state index in [1.165, 1.54) is 0 Å². The number of nitrogens with zero attached hydrogens (tertiary/aromatic N) is 3. The highest BCUT2D eigenvalue weighted by Gasteiger charge is 2.22. The van der Waals surface area contributed by atoms with Crippen molar-refractivity contribution in [2.45, 2.75) is 12.5 Å². The van der Waals surface area contributed by atoms with Crippen molar-refractivity contribution in [3.63, 3.8) is 0 Å². The Kier molecular flexibility index (Phi) is 3.81. The number of tetrazole rings is 1. The zero-order valence-corrected chi connectivity index (χ0v) is 9.78. The Balaban J connectivity index is 2.05. The third-order valence-corrected chi connectivity index (χ3v) is 2.43. The number of H-pyrrole nitrogens is 1. The van der Waals surface area contributed by atoms with E-state index in [4.69, 9.17) is 5.11 Å². The van der Waals surface area contributed by atoms with Gasteiger partial charge in [0.2, 0.25) is 0 Å². The van der Waals surface area contributed by atoms with Crippen molar-refractivity contribution in [2.75, 3.05) is 0 Å². The summed E-state index contributed by atoms with van der Waals surface area (Å²) in [5.41, 5.74) is 0.809. The molecule has 0 bridgehead atoms. The van der Waals surface area contributed by atoms with Gasteiger partial charge in [0.05, 0.1) is 0 Å². The first-order valence-electron chi connectivity index (χ1n) is 5.48. The quantitative estimate of drug-likeness (QED) is 0.675. The van der Waals surface area contributed by atoms with E-state index in [9.17, 15) is 9.59 Å². The lowest BCUT2D eigenvalue weighted by Crippen LogP contribution is -2.42. The number of amides is 1. The van der Waals surface area contributed by atoms with Gasteiger partial charge < -0.3 is 10.4 Å². The van der Waals surface area contributed by atoms with Crippen LogP contribution in [-0.2, 0) is 11.2 Å². The standard InChI is InChI=1S/C11H11N5O3/c17-10(9-13-15-16-14-9)12-8(11(18)19)6-7-4-2-1-3-5-7/h1-5,8H,6H2,(H,12,17)(H,18,19)(H,13,14,15,16)/t8-/m0/s1. The monoisotopic (exact) mass is 261 g/mol. The van der Waals surface area contributed by atoms with Gasteiger partial charge >= 0.3 is 5.97 Å². The van der Waals surface area contributed by atoms with E-state index in [1.807, 2.05) is 6.07 Å². The molecule has 8 nitrogen and oxygen atoms in total. The predicted molar refractivity (Wildman–Crippen MR) is 63.2 cm³/mol. The molecule has 8 heteroatoms. The first kappa shape index (κ1) is 12.7. The van der Waals surface area contributed by atoms with E-state index in [2.05, 4.69) is 25.9 Å². The molecule has 0 aliphatic carbocycles. The smallest absolute Gasteiger partial charge is 0.326 e. The molecule has 19 heavy (non-hydrogen) atoms. The molecule has 0 aliphatic heterocycles. The van der Waals surface area contributed by atoms with E-state index < -0.39 is 17.9 Å². The van der Waals surface area contributed by atoms with E-state index >= 15 is 0 Å². The van der Waals surface area contributed by atoms with Gasteiger partial charge in [-0.05, 0) is 10.8 Å². The molecule has 0 radical (unpaired) electrons. The summed E-state index contributed by atoms with van der Waals surface area (Å²) in [6.07, 6.45) is 0.180. The molecule has 0 saturated carbocycles. The second-order valence-corrected chi connectivity index (χ2v) is 3.79. The average molecular weight is 261 g/mol. The van der Waals surface area contributed by atoms with Crippen LogP contribution >= 0.6 is 0 Å². The van der Waals surface area contributed by atoms with Crippen molar-refractivity contribution in [3.8, 4) is 0 Å². The summed E-state index contributed by atoms with van der Waals surface area (Å²) in [6, 6.07) is 7.96. The Hall–Kier alpha value is -2.77. The molecule has 98 valence electrons. The molecule has 0 unspecified atom stereocenters. The Morgan fingerprint density at radius 1 is 1.32 bits per heavy atom. The fraction of sp³-hybridized carbons (Fsp3) is 0.182. The largest absolute Gasteiger partial charge is 0.480 e. The number of aromatic nitrogens is 4. The summed E-state index contributed by atoms with van der Waals surface area (Å²) in [4.78, 5) is 22.8. The van der Waals surface area contributed by atoms with Gasteiger partial charge in [0.1, 0.15) is 6.04 Å². The summed E-state index contributed by atoms with van der Waals surface area (Å²) >= 11 is 0. The van der Waals surface area contributed by atoms with Crippen molar-refractivity contribution in [3.05, 3.63) is 41.7 Å². The molecule has 3 N–H and O–H groups in total. The fourth-order valence-electron chi connectivity index (χ4n) is 1.53. The number of aliphatic carboxylic acids is 1. The van der Waals surface area contributed by atoms with Gasteiger partial charge in [0.25, 0.3) is 11.7 Å². The van der Waals surface area contributed by atoms with Crippen molar-refractivity contribution in [2.24, 2.45) is 0 Å². The highest BCUT2D eigenvalue weighted by molar-refractivity contribution is 5.93. The van der Waals surface area contributed by atoms with Crippen LogP contribution in [0.1, 0.15) is 16.2 Å². The number of carboxylic acid groups (broad SMARTS) is 1. The van der Waals surface area contributed by atoms with Gasteiger partial charge in [0.15, 0.2) is 0 Å². The van der Waals surface area contributed by atoms with Gasteiger partial charge in [-0.1, -0.05) is 30.3 Å². The Morgan fingerprint density at radius 2 is 2.05 bits per heavy atom. The Labute approximate surface area is 107 Å². The molecule has 2 rings (SSSR count). The van der Waals surface area contributed by atoms with E-state index in [0.29, 0.717) is 0 Å². The van der Waals surface area contributed by atoms with Crippen LogP contribution in [0.3, 0.4) is 0 Å². The van der Waals surface area contributed by atoms with Crippen LogP contribution in [0.25, 0.3) is 0 Å². The number of hydrogen-bond acceptors (Lipinski definition) is 5. The molecule has 0 spiro atoms. The topological polar surface area (TPSA) is 121 Å². The van der Waals surface area contributed by atoms with Crippen molar-refractivity contribution >= 4 is 11.9 Å². The number of hydrogen-bond donors (Lipinski definition) is 3. The normalized spacial score (nSPS) is 11.8. The second kappa shape index (κ2) is 5.71. The SMILES string of the molecule is O=C(N[C@@H](Cc1ccccc1)C(=O)O)c1nn[nH]n1. The molecular weight excluding hydrogens is 250 g/mol. The lowest BCUT2D eigenvalue weighted by molar-refractivity contribution is -0.139. The molecule has 1 amide bonds. The Morgan fingerprint density at radius 3 is 2.63 bits per heavy atom. The molecule has 1 heterocycles. The molecular formula is C11H11N5O3. The highest BCUT2D eigenvalue weighted by Crippen LogP contribution is 2.04. The number of aromatic amines is 1. The number of benzene rings is 1. The maximum Gasteiger partial charge on any atom is 0.326 e. The van der Waals surface area contributed by atoms with Gasteiger partial charge in [-0.3, -0.25) is 4.79 Å². The van der Waals surface area contributed by atoms with Crippen LogP contribution in [0, 0.1) is 0 Å². The van der Waals surface area contributed by atoms with Crippen LogP contribution in [-0.4, -0.2) is 43.6 Å². The fourth-order valence-corrected chi connectivity index (χ4v) is 1.53. The minimum absolute atomic E-state index is 0.180. The minimum atomic E-state index is -1.12. The van der Waals surface area contributed by atoms with Crippen LogP contribution in [0.5, 0.6) is 0 Å².